The van der Waals surface area contributed by atoms with Gasteiger partial charge in [-0.25, -0.2) is 3.11 Å². The molecule has 0 radical (unpaired) electrons. The van der Waals surface area contributed by atoms with E-state index in [4.69, 9.17) is 0 Å². The molecule has 0 aliphatic carbocycles. The largest absolute Gasteiger partial charge is 0.306 e. The van der Waals surface area contributed by atoms with Crippen molar-refractivity contribution in [2.75, 3.05) is 46.3 Å². The maximum absolute atomic E-state index is 2.72. The molecule has 0 spiro atoms. The summed E-state index contributed by atoms with van der Waals surface area (Å²) in [4.78, 5) is 5.18. The van der Waals surface area contributed by atoms with Crippen LogP contribution in [0.15, 0.2) is 0 Å². The van der Waals surface area contributed by atoms with Gasteiger partial charge in [0, 0.05) is 61.6 Å². The average Bonchev–Trinajstić information content (AvgIpc) is 2.20. The number of halogens is 1. The Bertz CT molecular complexity index is 204. The molecular formula is C11H22IN3. The van der Waals surface area contributed by atoms with Crippen molar-refractivity contribution < 1.29 is 0 Å². The van der Waals surface area contributed by atoms with Gasteiger partial charge < -0.3 is 4.90 Å². The molecule has 2 aliphatic heterocycles. The van der Waals surface area contributed by atoms with Gasteiger partial charge in [0.2, 0.25) is 0 Å². The number of piperazine rings is 1. The van der Waals surface area contributed by atoms with Crippen LogP contribution >= 0.6 is 22.9 Å². The van der Waals surface area contributed by atoms with Crippen LogP contribution in [-0.4, -0.2) is 65.3 Å². The number of hydrogen-bond acceptors (Lipinski definition) is 3. The van der Waals surface area contributed by atoms with Crippen molar-refractivity contribution in [1.82, 2.24) is 12.9 Å². The quantitative estimate of drug-likeness (QED) is 0.532. The molecule has 4 heteroatoms. The molecule has 2 heterocycles. The first-order chi connectivity index (χ1) is 7.16. The molecule has 15 heavy (non-hydrogen) atoms. The second-order valence-electron chi connectivity index (χ2n) is 5.04. The highest BCUT2D eigenvalue weighted by atomic mass is 127. The third kappa shape index (κ3) is 3.05. The highest BCUT2D eigenvalue weighted by molar-refractivity contribution is 14.1. The molecule has 0 N–H and O–H groups in total. The number of nitrogens with zero attached hydrogens (tertiary/aromatic N) is 3. The minimum Gasteiger partial charge on any atom is -0.306 e. The van der Waals surface area contributed by atoms with E-state index in [-0.39, 0.29) is 0 Å². The topological polar surface area (TPSA) is 9.72 Å². The van der Waals surface area contributed by atoms with E-state index in [0.29, 0.717) is 0 Å². The summed E-state index contributed by atoms with van der Waals surface area (Å²) in [5, 5.41) is 0. The molecule has 2 atom stereocenters. The average molecular weight is 323 g/mol. The highest BCUT2D eigenvalue weighted by Gasteiger charge is 2.30. The van der Waals surface area contributed by atoms with Gasteiger partial charge in [0.25, 0.3) is 0 Å². The molecule has 2 fully saturated rings. The van der Waals surface area contributed by atoms with Crippen LogP contribution in [0.25, 0.3) is 0 Å². The van der Waals surface area contributed by atoms with Gasteiger partial charge in [-0.05, 0) is 25.9 Å². The maximum atomic E-state index is 2.72. The van der Waals surface area contributed by atoms with Gasteiger partial charge in [-0.15, -0.1) is 0 Å². The predicted molar refractivity (Wildman–Crippen MR) is 72.2 cm³/mol. The first-order valence-corrected chi connectivity index (χ1v) is 6.96. The second-order valence-corrected chi connectivity index (χ2v) is 6.41. The van der Waals surface area contributed by atoms with Gasteiger partial charge in [-0.3, -0.25) is 4.90 Å². The molecule has 0 aromatic rings. The lowest BCUT2D eigenvalue weighted by atomic mass is 9.92. The van der Waals surface area contributed by atoms with E-state index in [1.165, 1.54) is 45.7 Å². The second kappa shape index (κ2) is 5.29. The maximum Gasteiger partial charge on any atom is 0.0209 e. The lowest BCUT2D eigenvalue weighted by Gasteiger charge is -2.44. The van der Waals surface area contributed by atoms with E-state index in [1.54, 1.807) is 0 Å². The van der Waals surface area contributed by atoms with Crippen molar-refractivity contribution in [3.63, 3.8) is 0 Å². The van der Waals surface area contributed by atoms with Crippen molar-refractivity contribution in [3.8, 4) is 0 Å². The molecular weight excluding hydrogens is 301 g/mol. The molecule has 2 saturated heterocycles. The summed E-state index contributed by atoms with van der Waals surface area (Å²) in [6.07, 6.45) is 1.36. The molecule has 0 aromatic carbocycles. The van der Waals surface area contributed by atoms with E-state index in [2.05, 4.69) is 49.7 Å². The molecule has 2 aliphatic rings. The van der Waals surface area contributed by atoms with Gasteiger partial charge in [0.1, 0.15) is 0 Å². The minimum absolute atomic E-state index is 0.838. The Labute approximate surface area is 107 Å². The first-order valence-electron chi connectivity index (χ1n) is 6.00. The van der Waals surface area contributed by atoms with Crippen LogP contribution in [-0.2, 0) is 0 Å². The molecule has 88 valence electrons. The minimum atomic E-state index is 0.838. The monoisotopic (exact) mass is 323 g/mol. The van der Waals surface area contributed by atoms with E-state index < -0.39 is 0 Å². The predicted octanol–water partition coefficient (Wildman–Crippen LogP) is 1.29. The Morgan fingerprint density at radius 1 is 1.07 bits per heavy atom. The van der Waals surface area contributed by atoms with E-state index in [1.807, 2.05) is 0 Å². The van der Waals surface area contributed by atoms with Crippen LogP contribution in [0.1, 0.15) is 13.3 Å². The van der Waals surface area contributed by atoms with Crippen LogP contribution in [0.5, 0.6) is 0 Å². The molecule has 0 bridgehead atoms. The van der Waals surface area contributed by atoms with Crippen LogP contribution < -0.4 is 0 Å². The Kier molecular flexibility index (Phi) is 4.26. The smallest absolute Gasteiger partial charge is 0.0209 e. The Balaban J connectivity index is 1.87. The summed E-state index contributed by atoms with van der Waals surface area (Å²) in [6, 6.07) is 0.839. The molecule has 2 unspecified atom stereocenters. The SMILES string of the molecule is CC1CN(C)CCC1N1CCN(I)CC1. The third-order valence-electron chi connectivity index (χ3n) is 3.79. The lowest BCUT2D eigenvalue weighted by molar-refractivity contribution is 0.0570. The first kappa shape index (κ1) is 12.1. The van der Waals surface area contributed by atoms with Crippen molar-refractivity contribution in [3.05, 3.63) is 0 Å². The lowest BCUT2D eigenvalue weighted by Crippen LogP contribution is -2.54. The normalized spacial score (nSPS) is 37.0. The fourth-order valence-electron chi connectivity index (χ4n) is 2.91. The summed E-state index contributed by atoms with van der Waals surface area (Å²) < 4.78 is 2.41. The van der Waals surface area contributed by atoms with Crippen LogP contribution in [0.4, 0.5) is 0 Å². The van der Waals surface area contributed by atoms with E-state index in [0.717, 1.165) is 12.0 Å². The van der Waals surface area contributed by atoms with Gasteiger partial charge in [-0.1, -0.05) is 6.92 Å². The Morgan fingerprint density at radius 2 is 1.73 bits per heavy atom. The van der Waals surface area contributed by atoms with Gasteiger partial charge >= 0.3 is 0 Å². The molecule has 0 aromatic heterocycles. The van der Waals surface area contributed by atoms with Gasteiger partial charge in [0.05, 0.1) is 0 Å². The standard InChI is InChI=1S/C11H22IN3/c1-10-9-13(2)4-3-11(10)14-5-7-15(12)8-6-14/h10-11H,3-9H2,1-2H3. The van der Waals surface area contributed by atoms with Crippen molar-refractivity contribution in [1.29, 1.82) is 0 Å². The third-order valence-corrected chi connectivity index (χ3v) is 4.76. The van der Waals surface area contributed by atoms with E-state index >= 15 is 0 Å². The molecule has 0 saturated carbocycles. The summed E-state index contributed by atoms with van der Waals surface area (Å²) >= 11 is 2.44. The van der Waals surface area contributed by atoms with Crippen LogP contribution in [0, 0.1) is 5.92 Å². The number of likely N-dealkylation sites (tertiary alicyclic amines) is 1. The van der Waals surface area contributed by atoms with Crippen LogP contribution in [0.2, 0.25) is 0 Å². The molecule has 3 nitrogen and oxygen atoms in total. The van der Waals surface area contributed by atoms with Gasteiger partial charge in [-0.2, -0.15) is 0 Å². The summed E-state index contributed by atoms with van der Waals surface area (Å²) in [5.41, 5.74) is 0. The van der Waals surface area contributed by atoms with Crippen molar-refractivity contribution in [2.24, 2.45) is 5.92 Å². The number of piperidine rings is 1. The van der Waals surface area contributed by atoms with Crippen molar-refractivity contribution >= 4 is 22.9 Å². The highest BCUT2D eigenvalue weighted by Crippen LogP contribution is 2.22. The van der Waals surface area contributed by atoms with Gasteiger partial charge in [0.15, 0.2) is 0 Å². The zero-order chi connectivity index (χ0) is 10.8. The van der Waals surface area contributed by atoms with Crippen molar-refractivity contribution in [2.45, 2.75) is 19.4 Å². The van der Waals surface area contributed by atoms with E-state index in [9.17, 15) is 0 Å². The fourth-order valence-corrected chi connectivity index (χ4v) is 3.34. The molecule has 2 rings (SSSR count). The summed E-state index contributed by atoms with van der Waals surface area (Å²) in [7, 11) is 2.25. The summed E-state index contributed by atoms with van der Waals surface area (Å²) in [5.74, 6) is 0.838. The molecule has 0 amide bonds. The summed E-state index contributed by atoms with van der Waals surface area (Å²) in [6.45, 7) is 9.97. The fraction of sp³-hybridized carbons (Fsp3) is 1.00. The zero-order valence-corrected chi connectivity index (χ0v) is 12.0. The zero-order valence-electron chi connectivity index (χ0n) is 9.82. The number of hydrogen-bond donors (Lipinski definition) is 0. The number of rotatable bonds is 1. The van der Waals surface area contributed by atoms with Crippen LogP contribution in [0.3, 0.4) is 0 Å². The Morgan fingerprint density at radius 3 is 2.33 bits per heavy atom. The Hall–Kier alpha value is 0.610.